The number of sulfonamides is 1. The lowest BCUT2D eigenvalue weighted by atomic mass is 9.94. The number of nitrogens with two attached hydrogens (primary N) is 1. The average Bonchev–Trinajstić information content (AvgIpc) is 2.24. The van der Waals surface area contributed by atoms with Crippen LogP contribution in [0.25, 0.3) is 0 Å². The van der Waals surface area contributed by atoms with Crippen LogP contribution in [-0.4, -0.2) is 20.4 Å². The summed E-state index contributed by atoms with van der Waals surface area (Å²) in [6, 6.07) is 5.66. The van der Waals surface area contributed by atoms with Crippen LogP contribution in [0.1, 0.15) is 29.6 Å². The van der Waals surface area contributed by atoms with Gasteiger partial charge in [-0.3, -0.25) is 4.79 Å². The molecule has 0 radical (unpaired) electrons. The average molecular weight is 254 g/mol. The third-order valence-corrected chi connectivity index (χ3v) is 4.41. The Bertz CT molecular complexity index is 518. The second kappa shape index (κ2) is 4.46. The third kappa shape index (κ3) is 2.65. The third-order valence-electron chi connectivity index (χ3n) is 2.88. The summed E-state index contributed by atoms with van der Waals surface area (Å²) in [5.74, 6) is -0.569. The molecule has 1 aliphatic carbocycles. The largest absolute Gasteiger partial charge is 0.366 e. The SMILES string of the molecule is NC(=O)c1ccc(S(=O)(=O)NC2CCC2)cc1. The molecule has 1 saturated carbocycles. The van der Waals surface area contributed by atoms with E-state index in [9.17, 15) is 13.2 Å². The van der Waals surface area contributed by atoms with E-state index in [4.69, 9.17) is 5.73 Å². The molecule has 0 bridgehead atoms. The minimum atomic E-state index is -3.46. The van der Waals surface area contributed by atoms with Crippen molar-refractivity contribution in [1.29, 1.82) is 0 Å². The molecule has 0 heterocycles. The van der Waals surface area contributed by atoms with Gasteiger partial charge in [0.05, 0.1) is 4.90 Å². The van der Waals surface area contributed by atoms with Crippen molar-refractivity contribution >= 4 is 15.9 Å². The van der Waals surface area contributed by atoms with E-state index < -0.39 is 15.9 Å². The van der Waals surface area contributed by atoms with Gasteiger partial charge in [0, 0.05) is 11.6 Å². The van der Waals surface area contributed by atoms with Gasteiger partial charge in [0.15, 0.2) is 0 Å². The first-order chi connectivity index (χ1) is 7.99. The number of carbonyl (C=O) groups is 1. The quantitative estimate of drug-likeness (QED) is 0.825. The number of benzene rings is 1. The lowest BCUT2D eigenvalue weighted by Crippen LogP contribution is -2.39. The van der Waals surface area contributed by atoms with Gasteiger partial charge >= 0.3 is 0 Å². The molecule has 2 rings (SSSR count). The second-order valence-electron chi connectivity index (χ2n) is 4.14. The van der Waals surface area contributed by atoms with Crippen LogP contribution < -0.4 is 10.5 Å². The predicted molar refractivity (Wildman–Crippen MR) is 62.9 cm³/mol. The maximum Gasteiger partial charge on any atom is 0.248 e. The van der Waals surface area contributed by atoms with E-state index in [0.29, 0.717) is 5.56 Å². The number of rotatable bonds is 4. The Morgan fingerprint density at radius 3 is 2.24 bits per heavy atom. The summed E-state index contributed by atoms with van der Waals surface area (Å²) < 4.78 is 26.4. The standard InChI is InChI=1S/C11H14N2O3S/c12-11(14)8-4-6-10(7-5-8)17(15,16)13-9-2-1-3-9/h4-7,9,13H,1-3H2,(H2,12,14). The number of hydrogen-bond donors (Lipinski definition) is 2. The second-order valence-corrected chi connectivity index (χ2v) is 5.85. The van der Waals surface area contributed by atoms with Crippen LogP contribution in [0.3, 0.4) is 0 Å². The lowest BCUT2D eigenvalue weighted by molar-refractivity contribution is 0.1000. The molecule has 1 aromatic rings. The van der Waals surface area contributed by atoms with Crippen molar-refractivity contribution in [2.45, 2.75) is 30.2 Å². The van der Waals surface area contributed by atoms with Crippen molar-refractivity contribution in [3.63, 3.8) is 0 Å². The molecule has 1 amide bonds. The van der Waals surface area contributed by atoms with E-state index in [1.807, 2.05) is 0 Å². The summed E-state index contributed by atoms with van der Waals surface area (Å²) >= 11 is 0. The van der Waals surface area contributed by atoms with Crippen LogP contribution in [-0.2, 0) is 10.0 Å². The molecule has 0 aliphatic heterocycles. The van der Waals surface area contributed by atoms with E-state index in [-0.39, 0.29) is 10.9 Å². The van der Waals surface area contributed by atoms with E-state index in [2.05, 4.69) is 4.72 Å². The van der Waals surface area contributed by atoms with E-state index in [1.165, 1.54) is 24.3 Å². The predicted octanol–water partition coefficient (Wildman–Crippen LogP) is 0.616. The van der Waals surface area contributed by atoms with Gasteiger partial charge in [-0.05, 0) is 37.1 Å². The highest BCUT2D eigenvalue weighted by Gasteiger charge is 2.24. The van der Waals surface area contributed by atoms with Crippen molar-refractivity contribution in [1.82, 2.24) is 4.72 Å². The summed E-state index contributed by atoms with van der Waals surface area (Å²) in [4.78, 5) is 11.0. The fourth-order valence-corrected chi connectivity index (χ4v) is 2.92. The number of carbonyl (C=O) groups excluding carboxylic acids is 1. The minimum absolute atomic E-state index is 0.0517. The van der Waals surface area contributed by atoms with Crippen molar-refractivity contribution in [3.8, 4) is 0 Å². The Kier molecular flexibility index (Phi) is 3.17. The first-order valence-electron chi connectivity index (χ1n) is 5.41. The van der Waals surface area contributed by atoms with Crippen LogP contribution in [0.2, 0.25) is 0 Å². The fourth-order valence-electron chi connectivity index (χ4n) is 1.61. The zero-order valence-corrected chi connectivity index (χ0v) is 10.0. The van der Waals surface area contributed by atoms with E-state index in [1.54, 1.807) is 0 Å². The van der Waals surface area contributed by atoms with Crippen LogP contribution in [0.4, 0.5) is 0 Å². The molecule has 17 heavy (non-hydrogen) atoms. The van der Waals surface area contributed by atoms with Gasteiger partial charge in [-0.15, -0.1) is 0 Å². The zero-order valence-electron chi connectivity index (χ0n) is 9.22. The van der Waals surface area contributed by atoms with Crippen molar-refractivity contribution in [2.75, 3.05) is 0 Å². The maximum atomic E-state index is 11.9. The normalized spacial score (nSPS) is 16.5. The molecule has 0 unspecified atom stereocenters. The molecule has 3 N–H and O–H groups in total. The highest BCUT2D eigenvalue weighted by molar-refractivity contribution is 7.89. The highest BCUT2D eigenvalue weighted by Crippen LogP contribution is 2.21. The van der Waals surface area contributed by atoms with Crippen LogP contribution >= 0.6 is 0 Å². The molecule has 92 valence electrons. The summed E-state index contributed by atoms with van der Waals surface area (Å²) in [5, 5.41) is 0. The van der Waals surface area contributed by atoms with E-state index in [0.717, 1.165) is 19.3 Å². The Morgan fingerprint density at radius 1 is 1.24 bits per heavy atom. The summed E-state index contributed by atoms with van der Waals surface area (Å²) in [6.07, 6.45) is 2.84. The van der Waals surface area contributed by atoms with Gasteiger partial charge in [-0.2, -0.15) is 0 Å². The number of amides is 1. The van der Waals surface area contributed by atoms with Crippen molar-refractivity contribution in [2.24, 2.45) is 5.73 Å². The first-order valence-corrected chi connectivity index (χ1v) is 6.89. The molecule has 0 atom stereocenters. The molecular weight excluding hydrogens is 240 g/mol. The summed E-state index contributed by atoms with van der Waals surface area (Å²) in [5.41, 5.74) is 5.38. The van der Waals surface area contributed by atoms with Gasteiger partial charge in [-0.25, -0.2) is 13.1 Å². The van der Waals surface area contributed by atoms with Crippen LogP contribution in [0, 0.1) is 0 Å². The number of primary amides is 1. The van der Waals surface area contributed by atoms with Gasteiger partial charge in [0.1, 0.15) is 0 Å². The zero-order chi connectivity index (χ0) is 12.5. The molecular formula is C11H14N2O3S. The van der Waals surface area contributed by atoms with Gasteiger partial charge in [0.2, 0.25) is 15.9 Å². The van der Waals surface area contributed by atoms with Crippen LogP contribution in [0.15, 0.2) is 29.2 Å². The Balaban J connectivity index is 2.17. The molecule has 0 aromatic heterocycles. The molecule has 0 spiro atoms. The Hall–Kier alpha value is -1.40. The van der Waals surface area contributed by atoms with Gasteiger partial charge in [0.25, 0.3) is 0 Å². The van der Waals surface area contributed by atoms with Crippen LogP contribution in [0.5, 0.6) is 0 Å². The Morgan fingerprint density at radius 2 is 1.82 bits per heavy atom. The fraction of sp³-hybridized carbons (Fsp3) is 0.364. The topological polar surface area (TPSA) is 89.3 Å². The summed E-state index contributed by atoms with van der Waals surface area (Å²) in [7, 11) is -3.46. The maximum absolute atomic E-state index is 11.9. The molecule has 1 fully saturated rings. The molecule has 0 saturated heterocycles. The molecule has 1 aliphatic rings. The van der Waals surface area contributed by atoms with Crippen molar-refractivity contribution in [3.05, 3.63) is 29.8 Å². The van der Waals surface area contributed by atoms with Gasteiger partial charge < -0.3 is 5.73 Å². The Labute approximate surface area is 100 Å². The van der Waals surface area contributed by atoms with E-state index >= 15 is 0 Å². The lowest BCUT2D eigenvalue weighted by Gasteiger charge is -2.26. The smallest absolute Gasteiger partial charge is 0.248 e. The highest BCUT2D eigenvalue weighted by atomic mass is 32.2. The molecule has 6 heteroatoms. The summed E-state index contributed by atoms with van der Waals surface area (Å²) in [6.45, 7) is 0. The first kappa shape index (κ1) is 12.1. The number of nitrogens with one attached hydrogen (secondary N) is 1. The van der Waals surface area contributed by atoms with Gasteiger partial charge in [-0.1, -0.05) is 6.42 Å². The molecule has 5 nitrogen and oxygen atoms in total. The number of hydrogen-bond acceptors (Lipinski definition) is 3. The monoisotopic (exact) mass is 254 g/mol. The molecule has 1 aromatic carbocycles. The minimum Gasteiger partial charge on any atom is -0.366 e. The van der Waals surface area contributed by atoms with Crippen molar-refractivity contribution < 1.29 is 13.2 Å².